The van der Waals surface area contributed by atoms with Crippen LogP contribution < -0.4 is 5.32 Å². The fourth-order valence-electron chi connectivity index (χ4n) is 2.83. The van der Waals surface area contributed by atoms with Crippen LogP contribution in [-0.4, -0.2) is 15.7 Å². The van der Waals surface area contributed by atoms with Gasteiger partial charge in [0.05, 0.1) is 18.8 Å². The summed E-state index contributed by atoms with van der Waals surface area (Å²) in [6.07, 6.45) is -0.0643. The van der Waals surface area contributed by atoms with Crippen LogP contribution in [0.3, 0.4) is 0 Å². The van der Waals surface area contributed by atoms with Crippen LogP contribution >= 0.6 is 15.9 Å². The minimum absolute atomic E-state index is 0.0643. The van der Waals surface area contributed by atoms with Crippen LogP contribution in [0.2, 0.25) is 0 Å². The molecule has 25 heavy (non-hydrogen) atoms. The molecule has 0 spiro atoms. The average molecular weight is 398 g/mol. The van der Waals surface area contributed by atoms with Gasteiger partial charge in [-0.15, -0.1) is 0 Å². The van der Waals surface area contributed by atoms with Gasteiger partial charge in [0.1, 0.15) is 6.10 Å². The highest BCUT2D eigenvalue weighted by Gasteiger charge is 2.24. The van der Waals surface area contributed by atoms with Gasteiger partial charge in [0.25, 0.3) is 5.91 Å². The van der Waals surface area contributed by atoms with Gasteiger partial charge in [-0.3, -0.25) is 9.48 Å². The molecule has 1 N–H and O–H groups in total. The molecule has 1 aromatic heterocycles. The van der Waals surface area contributed by atoms with Gasteiger partial charge in [0.15, 0.2) is 5.69 Å². The monoisotopic (exact) mass is 397 g/mol. The number of carbonyl (C=O) groups excluding carboxylic acids is 1. The minimum atomic E-state index is -0.215. The van der Waals surface area contributed by atoms with Crippen molar-refractivity contribution < 1.29 is 9.53 Å². The second kappa shape index (κ2) is 6.82. The second-order valence-corrected chi connectivity index (χ2v) is 6.79. The van der Waals surface area contributed by atoms with Crippen LogP contribution in [0.25, 0.3) is 0 Å². The molecule has 5 nitrogen and oxygen atoms in total. The standard InChI is InChI=1S/C19H16BrN3O2/c20-14-8-6-13(7-9-14)18-11-23-16(12-25-18)10-17(22-23)19(24)21-15-4-2-1-3-5-15/h1-10,18H,11-12H2,(H,21,24)/t18-/m0/s1. The molecule has 3 aromatic rings. The molecular weight excluding hydrogens is 382 g/mol. The molecule has 0 fully saturated rings. The van der Waals surface area contributed by atoms with E-state index in [-0.39, 0.29) is 12.0 Å². The van der Waals surface area contributed by atoms with E-state index in [4.69, 9.17) is 4.74 Å². The summed E-state index contributed by atoms with van der Waals surface area (Å²) in [5.74, 6) is -0.215. The normalized spacial score (nSPS) is 16.3. The van der Waals surface area contributed by atoms with Crippen molar-refractivity contribution in [2.75, 3.05) is 5.32 Å². The molecule has 0 saturated carbocycles. The first-order valence-corrected chi connectivity index (χ1v) is 8.78. The maximum absolute atomic E-state index is 12.4. The lowest BCUT2D eigenvalue weighted by atomic mass is 10.1. The number of nitrogens with zero attached hydrogens (tertiary/aromatic N) is 2. The number of carbonyl (C=O) groups is 1. The van der Waals surface area contributed by atoms with Crippen molar-refractivity contribution in [1.82, 2.24) is 9.78 Å². The summed E-state index contributed by atoms with van der Waals surface area (Å²) >= 11 is 3.44. The lowest BCUT2D eigenvalue weighted by Gasteiger charge is -2.24. The summed E-state index contributed by atoms with van der Waals surface area (Å²) in [7, 11) is 0. The first kappa shape index (κ1) is 16.1. The number of halogens is 1. The van der Waals surface area contributed by atoms with E-state index in [2.05, 4.69) is 26.3 Å². The van der Waals surface area contributed by atoms with Crippen molar-refractivity contribution in [3.05, 3.63) is 82.1 Å². The molecule has 0 radical (unpaired) electrons. The Bertz CT molecular complexity index is 891. The van der Waals surface area contributed by atoms with Gasteiger partial charge in [-0.1, -0.05) is 46.3 Å². The maximum Gasteiger partial charge on any atom is 0.276 e. The molecule has 1 atom stereocenters. The number of nitrogens with one attached hydrogen (secondary N) is 1. The second-order valence-electron chi connectivity index (χ2n) is 5.87. The molecule has 0 aliphatic carbocycles. The summed E-state index contributed by atoms with van der Waals surface area (Å²) in [6.45, 7) is 1.03. The molecule has 126 valence electrons. The van der Waals surface area contributed by atoms with Crippen molar-refractivity contribution in [2.45, 2.75) is 19.3 Å². The van der Waals surface area contributed by atoms with Gasteiger partial charge >= 0.3 is 0 Å². The zero-order valence-corrected chi connectivity index (χ0v) is 14.9. The van der Waals surface area contributed by atoms with Gasteiger partial charge in [-0.05, 0) is 35.9 Å². The molecule has 1 aliphatic rings. The third-order valence-corrected chi connectivity index (χ3v) is 4.67. The van der Waals surface area contributed by atoms with Crippen LogP contribution in [0.1, 0.15) is 27.8 Å². The van der Waals surface area contributed by atoms with E-state index in [1.54, 1.807) is 6.07 Å². The number of benzene rings is 2. The van der Waals surface area contributed by atoms with E-state index >= 15 is 0 Å². The molecule has 6 heteroatoms. The summed E-state index contributed by atoms with van der Waals surface area (Å²) in [5.41, 5.74) is 3.16. The molecule has 0 bridgehead atoms. The van der Waals surface area contributed by atoms with Crippen molar-refractivity contribution in [1.29, 1.82) is 0 Å². The Kier molecular flexibility index (Phi) is 4.38. The Labute approximate surface area is 153 Å². The summed E-state index contributed by atoms with van der Waals surface area (Å²) in [4.78, 5) is 12.4. The van der Waals surface area contributed by atoms with Gasteiger partial charge in [0, 0.05) is 10.2 Å². The molecular formula is C19H16BrN3O2. The molecule has 1 amide bonds. The predicted octanol–water partition coefficient (Wildman–Crippen LogP) is 4.17. The van der Waals surface area contributed by atoms with Crippen molar-refractivity contribution in [2.24, 2.45) is 0 Å². The van der Waals surface area contributed by atoms with E-state index < -0.39 is 0 Å². The smallest absolute Gasteiger partial charge is 0.276 e. The number of hydrogen-bond donors (Lipinski definition) is 1. The summed E-state index contributed by atoms with van der Waals surface area (Å²) in [6, 6.07) is 19.2. The summed E-state index contributed by atoms with van der Waals surface area (Å²) < 4.78 is 8.83. The van der Waals surface area contributed by atoms with E-state index in [9.17, 15) is 4.79 Å². The number of rotatable bonds is 3. The number of amides is 1. The Morgan fingerprint density at radius 3 is 2.68 bits per heavy atom. The van der Waals surface area contributed by atoms with Crippen LogP contribution in [-0.2, 0) is 17.9 Å². The third kappa shape index (κ3) is 3.50. The molecule has 2 aromatic carbocycles. The first-order chi connectivity index (χ1) is 12.2. The van der Waals surface area contributed by atoms with E-state index in [0.29, 0.717) is 18.8 Å². The molecule has 4 rings (SSSR count). The zero-order valence-electron chi connectivity index (χ0n) is 13.4. The maximum atomic E-state index is 12.4. The van der Waals surface area contributed by atoms with Gasteiger partial charge in [-0.25, -0.2) is 0 Å². The first-order valence-electron chi connectivity index (χ1n) is 7.99. The molecule has 0 saturated heterocycles. The predicted molar refractivity (Wildman–Crippen MR) is 98.3 cm³/mol. The Morgan fingerprint density at radius 1 is 1.16 bits per heavy atom. The Morgan fingerprint density at radius 2 is 1.92 bits per heavy atom. The highest BCUT2D eigenvalue weighted by Crippen LogP contribution is 2.27. The number of fused-ring (bicyclic) bond motifs is 1. The minimum Gasteiger partial charge on any atom is -0.365 e. The van der Waals surface area contributed by atoms with Crippen LogP contribution in [0.4, 0.5) is 5.69 Å². The lowest BCUT2D eigenvalue weighted by molar-refractivity contribution is -0.00119. The van der Waals surface area contributed by atoms with Crippen molar-refractivity contribution in [3.63, 3.8) is 0 Å². The topological polar surface area (TPSA) is 56.2 Å². The van der Waals surface area contributed by atoms with Gasteiger partial charge in [0.2, 0.25) is 0 Å². The van der Waals surface area contributed by atoms with Crippen LogP contribution in [0.15, 0.2) is 65.1 Å². The van der Waals surface area contributed by atoms with Crippen molar-refractivity contribution in [3.8, 4) is 0 Å². The Balaban J connectivity index is 1.50. The average Bonchev–Trinajstić information content (AvgIpc) is 3.06. The van der Waals surface area contributed by atoms with Gasteiger partial charge < -0.3 is 10.1 Å². The van der Waals surface area contributed by atoms with Crippen molar-refractivity contribution >= 4 is 27.5 Å². The number of anilines is 1. The van der Waals surface area contributed by atoms with Gasteiger partial charge in [-0.2, -0.15) is 5.10 Å². The fourth-order valence-corrected chi connectivity index (χ4v) is 3.10. The number of hydrogen-bond acceptors (Lipinski definition) is 3. The third-order valence-electron chi connectivity index (χ3n) is 4.14. The SMILES string of the molecule is O=C(Nc1ccccc1)c1cc2n(n1)C[C@@H](c1ccc(Br)cc1)OC2. The number of aromatic nitrogens is 2. The zero-order chi connectivity index (χ0) is 17.2. The van der Waals surface area contributed by atoms with E-state index in [1.165, 1.54) is 0 Å². The van der Waals surface area contributed by atoms with E-state index in [1.807, 2.05) is 59.3 Å². The number of ether oxygens (including phenoxy) is 1. The molecule has 0 unspecified atom stereocenters. The summed E-state index contributed by atoms with van der Waals surface area (Å²) in [5, 5.41) is 7.31. The Hall–Kier alpha value is -2.44. The largest absolute Gasteiger partial charge is 0.365 e. The van der Waals surface area contributed by atoms with E-state index in [0.717, 1.165) is 21.4 Å². The fraction of sp³-hybridized carbons (Fsp3) is 0.158. The van der Waals surface area contributed by atoms with Crippen LogP contribution in [0.5, 0.6) is 0 Å². The quantitative estimate of drug-likeness (QED) is 0.721. The highest BCUT2D eigenvalue weighted by atomic mass is 79.9. The van der Waals surface area contributed by atoms with Crippen LogP contribution in [0, 0.1) is 0 Å². The molecule has 2 heterocycles. The molecule has 1 aliphatic heterocycles. The number of para-hydroxylation sites is 1. The lowest BCUT2D eigenvalue weighted by Crippen LogP contribution is -2.22. The highest BCUT2D eigenvalue weighted by molar-refractivity contribution is 9.10.